The number of benzene rings is 1. The van der Waals surface area contributed by atoms with Crippen molar-refractivity contribution >= 4 is 21.4 Å². The molecule has 1 atom stereocenters. The van der Waals surface area contributed by atoms with Gasteiger partial charge in [-0.15, -0.1) is 11.3 Å². The second-order valence-electron chi connectivity index (χ2n) is 4.34. The van der Waals surface area contributed by atoms with Crippen molar-refractivity contribution in [1.29, 1.82) is 0 Å². The van der Waals surface area contributed by atoms with Crippen molar-refractivity contribution in [3.8, 4) is 0 Å². The Morgan fingerprint density at radius 1 is 1.17 bits per heavy atom. The van der Waals surface area contributed by atoms with Gasteiger partial charge in [-0.1, -0.05) is 30.3 Å². The molecule has 1 aromatic carbocycles. The summed E-state index contributed by atoms with van der Waals surface area (Å²) < 4.78 is 27.5. The molecule has 0 aliphatic heterocycles. The van der Waals surface area contributed by atoms with E-state index in [9.17, 15) is 8.42 Å². The van der Waals surface area contributed by atoms with Crippen LogP contribution in [0.25, 0.3) is 0 Å². The number of hydrogen-bond donors (Lipinski definition) is 1. The Labute approximate surface area is 111 Å². The highest BCUT2D eigenvalue weighted by molar-refractivity contribution is 7.91. The van der Waals surface area contributed by atoms with Crippen molar-refractivity contribution in [2.24, 2.45) is 0 Å². The van der Waals surface area contributed by atoms with Crippen LogP contribution in [0.4, 0.5) is 0 Å². The molecule has 0 saturated heterocycles. The molecule has 0 bridgehead atoms. The summed E-state index contributed by atoms with van der Waals surface area (Å²) in [5.41, 5.74) is 2.36. The SMILES string of the molecule is O=S(=O)(NC1CCc2ccccc21)c1cccs1. The lowest BCUT2D eigenvalue weighted by atomic mass is 10.1. The molecule has 3 nitrogen and oxygen atoms in total. The third kappa shape index (κ3) is 2.09. The first-order valence-electron chi connectivity index (χ1n) is 5.80. The summed E-state index contributed by atoms with van der Waals surface area (Å²) in [6.07, 6.45) is 1.78. The Hall–Kier alpha value is -1.17. The number of rotatable bonds is 3. The Morgan fingerprint density at radius 3 is 2.78 bits per heavy atom. The molecule has 1 heterocycles. The lowest BCUT2D eigenvalue weighted by Crippen LogP contribution is -2.26. The van der Waals surface area contributed by atoms with Crippen LogP contribution < -0.4 is 4.72 Å². The molecule has 3 rings (SSSR count). The highest BCUT2D eigenvalue weighted by Gasteiger charge is 2.27. The van der Waals surface area contributed by atoms with Gasteiger partial charge in [-0.3, -0.25) is 0 Å². The third-order valence-electron chi connectivity index (χ3n) is 3.19. The van der Waals surface area contributed by atoms with Crippen molar-refractivity contribution in [3.63, 3.8) is 0 Å². The lowest BCUT2D eigenvalue weighted by Gasteiger charge is -2.13. The molecule has 1 aliphatic carbocycles. The number of fused-ring (bicyclic) bond motifs is 1. The van der Waals surface area contributed by atoms with Gasteiger partial charge >= 0.3 is 0 Å². The maximum Gasteiger partial charge on any atom is 0.250 e. The van der Waals surface area contributed by atoms with Gasteiger partial charge in [0.1, 0.15) is 4.21 Å². The maximum absolute atomic E-state index is 12.2. The maximum atomic E-state index is 12.2. The van der Waals surface area contributed by atoms with Crippen molar-refractivity contribution in [1.82, 2.24) is 4.72 Å². The van der Waals surface area contributed by atoms with E-state index in [1.165, 1.54) is 16.9 Å². The largest absolute Gasteiger partial charge is 0.250 e. The molecule has 1 aliphatic rings. The fraction of sp³-hybridized carbons (Fsp3) is 0.231. The Bertz CT molecular complexity index is 647. The molecule has 0 fully saturated rings. The van der Waals surface area contributed by atoms with Crippen molar-refractivity contribution in [2.75, 3.05) is 0 Å². The molecule has 0 radical (unpaired) electrons. The van der Waals surface area contributed by atoms with Gasteiger partial charge in [-0.25, -0.2) is 13.1 Å². The number of thiophene rings is 1. The van der Waals surface area contributed by atoms with Crippen LogP contribution in [0.15, 0.2) is 46.0 Å². The second kappa shape index (κ2) is 4.50. The van der Waals surface area contributed by atoms with Gasteiger partial charge in [0.15, 0.2) is 0 Å². The molecule has 2 aromatic rings. The van der Waals surface area contributed by atoms with E-state index in [1.807, 2.05) is 18.2 Å². The van der Waals surface area contributed by atoms with E-state index in [0.717, 1.165) is 18.4 Å². The first kappa shape index (κ1) is 11.9. The van der Waals surface area contributed by atoms with Crippen molar-refractivity contribution < 1.29 is 8.42 Å². The summed E-state index contributed by atoms with van der Waals surface area (Å²) in [5, 5.41) is 1.77. The van der Waals surface area contributed by atoms with Crippen LogP contribution in [0.1, 0.15) is 23.6 Å². The van der Waals surface area contributed by atoms with Gasteiger partial charge in [0.2, 0.25) is 0 Å². The Kier molecular flexibility index (Phi) is 2.97. The fourth-order valence-electron chi connectivity index (χ4n) is 2.34. The lowest BCUT2D eigenvalue weighted by molar-refractivity contribution is 0.556. The van der Waals surface area contributed by atoms with Crippen LogP contribution in [0.3, 0.4) is 0 Å². The van der Waals surface area contributed by atoms with Gasteiger partial charge in [-0.05, 0) is 35.4 Å². The van der Waals surface area contributed by atoms with E-state index in [4.69, 9.17) is 0 Å². The normalized spacial score (nSPS) is 18.8. The molecular weight excluding hydrogens is 266 g/mol. The second-order valence-corrected chi connectivity index (χ2v) is 7.23. The minimum atomic E-state index is -3.37. The molecule has 0 spiro atoms. The van der Waals surface area contributed by atoms with E-state index in [2.05, 4.69) is 10.8 Å². The summed E-state index contributed by atoms with van der Waals surface area (Å²) in [5.74, 6) is 0. The van der Waals surface area contributed by atoms with Crippen molar-refractivity contribution in [2.45, 2.75) is 23.1 Å². The third-order valence-corrected chi connectivity index (χ3v) is 6.06. The average Bonchev–Trinajstić information content (AvgIpc) is 2.99. The van der Waals surface area contributed by atoms with E-state index < -0.39 is 10.0 Å². The standard InChI is InChI=1S/C13H13NO2S2/c15-18(16,13-6-3-9-17-13)14-12-8-7-10-4-1-2-5-11(10)12/h1-6,9,12,14H,7-8H2. The number of aryl methyl sites for hydroxylation is 1. The summed E-state index contributed by atoms with van der Waals surface area (Å²) in [6.45, 7) is 0. The molecule has 18 heavy (non-hydrogen) atoms. The molecule has 1 unspecified atom stereocenters. The number of nitrogens with one attached hydrogen (secondary N) is 1. The zero-order chi connectivity index (χ0) is 12.6. The topological polar surface area (TPSA) is 46.2 Å². The van der Waals surface area contributed by atoms with Gasteiger partial charge < -0.3 is 0 Å². The Morgan fingerprint density at radius 2 is 2.00 bits per heavy atom. The average molecular weight is 279 g/mol. The molecule has 0 saturated carbocycles. The minimum absolute atomic E-state index is 0.0895. The molecule has 94 valence electrons. The highest BCUT2D eigenvalue weighted by Crippen LogP contribution is 2.32. The zero-order valence-electron chi connectivity index (χ0n) is 9.67. The van der Waals surface area contributed by atoms with Crippen LogP contribution in [0, 0.1) is 0 Å². The van der Waals surface area contributed by atoms with E-state index in [0.29, 0.717) is 4.21 Å². The van der Waals surface area contributed by atoms with Gasteiger partial charge in [0.25, 0.3) is 10.0 Å². The van der Waals surface area contributed by atoms with Gasteiger partial charge in [-0.2, -0.15) is 0 Å². The van der Waals surface area contributed by atoms with Crippen LogP contribution in [-0.4, -0.2) is 8.42 Å². The predicted molar refractivity (Wildman–Crippen MR) is 72.1 cm³/mol. The first-order valence-corrected chi connectivity index (χ1v) is 8.17. The van der Waals surface area contributed by atoms with Crippen LogP contribution in [0.5, 0.6) is 0 Å². The minimum Gasteiger partial charge on any atom is -0.206 e. The van der Waals surface area contributed by atoms with Crippen LogP contribution in [-0.2, 0) is 16.4 Å². The highest BCUT2D eigenvalue weighted by atomic mass is 32.2. The number of hydrogen-bond acceptors (Lipinski definition) is 3. The molecule has 1 N–H and O–H groups in total. The summed E-state index contributed by atoms with van der Waals surface area (Å²) in [4.78, 5) is 0. The van der Waals surface area contributed by atoms with Crippen LogP contribution >= 0.6 is 11.3 Å². The Balaban J connectivity index is 1.88. The van der Waals surface area contributed by atoms with Gasteiger partial charge in [0.05, 0.1) is 0 Å². The zero-order valence-corrected chi connectivity index (χ0v) is 11.3. The first-order chi connectivity index (χ1) is 8.67. The van der Waals surface area contributed by atoms with Crippen molar-refractivity contribution in [3.05, 3.63) is 52.9 Å². The number of sulfonamides is 1. The molecule has 1 aromatic heterocycles. The smallest absolute Gasteiger partial charge is 0.206 e. The van der Waals surface area contributed by atoms with Crippen LogP contribution in [0.2, 0.25) is 0 Å². The monoisotopic (exact) mass is 279 g/mol. The predicted octanol–water partition coefficient (Wildman–Crippen LogP) is 2.71. The summed E-state index contributed by atoms with van der Waals surface area (Å²) >= 11 is 1.24. The summed E-state index contributed by atoms with van der Waals surface area (Å²) in [7, 11) is -3.37. The summed E-state index contributed by atoms with van der Waals surface area (Å²) in [6, 6.07) is 11.3. The molecular formula is C13H13NO2S2. The molecule has 0 amide bonds. The van der Waals surface area contributed by atoms with Gasteiger partial charge in [0, 0.05) is 6.04 Å². The van der Waals surface area contributed by atoms with E-state index in [1.54, 1.807) is 17.5 Å². The fourth-order valence-corrected chi connectivity index (χ4v) is 4.60. The quantitative estimate of drug-likeness (QED) is 0.939. The van der Waals surface area contributed by atoms with E-state index >= 15 is 0 Å². The molecule has 5 heteroatoms. The van der Waals surface area contributed by atoms with E-state index in [-0.39, 0.29) is 6.04 Å².